The van der Waals surface area contributed by atoms with Crippen molar-refractivity contribution in [2.45, 2.75) is 27.2 Å². The average molecular weight is 352 g/mol. The summed E-state index contributed by atoms with van der Waals surface area (Å²) in [6.45, 7) is 6.80. The Balaban J connectivity index is 1.74. The lowest BCUT2D eigenvalue weighted by Gasteiger charge is -2.20. The number of hydrogen-bond donors (Lipinski definition) is 1. The van der Waals surface area contributed by atoms with E-state index >= 15 is 0 Å². The van der Waals surface area contributed by atoms with Gasteiger partial charge in [0.05, 0.1) is 18.2 Å². The molecule has 5 nitrogen and oxygen atoms in total. The molecule has 1 atom stereocenters. The summed E-state index contributed by atoms with van der Waals surface area (Å²) in [5.74, 6) is 0.0893. The molecule has 0 aromatic heterocycles. The molecule has 2 aromatic carbocycles. The Morgan fingerprint density at radius 3 is 2.77 bits per heavy atom. The monoisotopic (exact) mass is 352 g/mol. The van der Waals surface area contributed by atoms with Crippen molar-refractivity contribution in [3.05, 3.63) is 53.6 Å². The van der Waals surface area contributed by atoms with Crippen molar-refractivity contribution in [2.75, 3.05) is 23.4 Å². The molecule has 0 bridgehead atoms. The molecule has 1 saturated heterocycles. The Labute approximate surface area is 154 Å². The van der Waals surface area contributed by atoms with Gasteiger partial charge in [-0.15, -0.1) is 0 Å². The summed E-state index contributed by atoms with van der Waals surface area (Å²) in [4.78, 5) is 26.9. The fourth-order valence-corrected chi connectivity index (χ4v) is 3.21. The zero-order valence-corrected chi connectivity index (χ0v) is 15.4. The van der Waals surface area contributed by atoms with Crippen LogP contribution in [-0.2, 0) is 9.59 Å². The second-order valence-electron chi connectivity index (χ2n) is 6.61. The highest BCUT2D eigenvalue weighted by Gasteiger charge is 2.36. The molecule has 0 aliphatic carbocycles. The van der Waals surface area contributed by atoms with Crippen molar-refractivity contribution in [1.82, 2.24) is 0 Å². The Morgan fingerprint density at radius 2 is 2.00 bits per heavy atom. The normalized spacial score (nSPS) is 16.7. The van der Waals surface area contributed by atoms with Crippen molar-refractivity contribution in [2.24, 2.45) is 5.92 Å². The number of para-hydroxylation sites is 2. The molecular formula is C21H24N2O3. The minimum Gasteiger partial charge on any atom is -0.492 e. The van der Waals surface area contributed by atoms with Gasteiger partial charge in [-0.2, -0.15) is 0 Å². The first-order chi connectivity index (χ1) is 12.5. The highest BCUT2D eigenvalue weighted by molar-refractivity contribution is 6.04. The van der Waals surface area contributed by atoms with E-state index in [-0.39, 0.29) is 24.2 Å². The van der Waals surface area contributed by atoms with E-state index in [0.717, 1.165) is 16.8 Å². The van der Waals surface area contributed by atoms with Gasteiger partial charge in [0.25, 0.3) is 0 Å². The van der Waals surface area contributed by atoms with Crippen LogP contribution >= 0.6 is 0 Å². The summed E-state index contributed by atoms with van der Waals surface area (Å²) in [6.07, 6.45) is 0.218. The highest BCUT2D eigenvalue weighted by Crippen LogP contribution is 2.30. The maximum absolute atomic E-state index is 12.7. The van der Waals surface area contributed by atoms with Crippen LogP contribution in [0.5, 0.6) is 5.75 Å². The van der Waals surface area contributed by atoms with E-state index in [2.05, 4.69) is 5.32 Å². The molecule has 26 heavy (non-hydrogen) atoms. The minimum atomic E-state index is -0.378. The Hall–Kier alpha value is -2.82. The number of anilines is 2. The standard InChI is InChI=1S/C21H24N2O3/c1-4-26-19-8-6-5-7-17(19)22-21(25)16-12-20(24)23(13-16)18-11-14(2)9-10-15(18)3/h5-11,16H,4,12-13H2,1-3H3,(H,22,25)/t16-/m1/s1. The topological polar surface area (TPSA) is 58.6 Å². The minimum absolute atomic E-state index is 0.0167. The van der Waals surface area contributed by atoms with Crippen molar-refractivity contribution in [1.29, 1.82) is 0 Å². The van der Waals surface area contributed by atoms with E-state index in [0.29, 0.717) is 24.6 Å². The molecule has 136 valence electrons. The lowest BCUT2D eigenvalue weighted by molar-refractivity contribution is -0.122. The van der Waals surface area contributed by atoms with E-state index in [1.807, 2.05) is 63.2 Å². The van der Waals surface area contributed by atoms with Crippen molar-refractivity contribution in [3.63, 3.8) is 0 Å². The average Bonchev–Trinajstić information content (AvgIpc) is 3.01. The molecular weight excluding hydrogens is 328 g/mol. The molecule has 1 fully saturated rings. The maximum Gasteiger partial charge on any atom is 0.229 e. The lowest BCUT2D eigenvalue weighted by Crippen LogP contribution is -2.28. The van der Waals surface area contributed by atoms with E-state index in [9.17, 15) is 9.59 Å². The Kier molecular flexibility index (Phi) is 5.26. The van der Waals surface area contributed by atoms with Gasteiger partial charge in [0, 0.05) is 18.7 Å². The number of ether oxygens (including phenoxy) is 1. The molecule has 3 rings (SSSR count). The number of rotatable bonds is 5. The number of carbonyl (C=O) groups excluding carboxylic acids is 2. The number of carbonyl (C=O) groups is 2. The lowest BCUT2D eigenvalue weighted by atomic mass is 10.1. The summed E-state index contributed by atoms with van der Waals surface area (Å²) < 4.78 is 5.55. The maximum atomic E-state index is 12.7. The van der Waals surface area contributed by atoms with Crippen LogP contribution in [0.3, 0.4) is 0 Å². The van der Waals surface area contributed by atoms with E-state index in [4.69, 9.17) is 4.74 Å². The zero-order chi connectivity index (χ0) is 18.7. The molecule has 2 amide bonds. The Morgan fingerprint density at radius 1 is 1.23 bits per heavy atom. The fourth-order valence-electron chi connectivity index (χ4n) is 3.21. The van der Waals surface area contributed by atoms with Crippen molar-refractivity contribution in [3.8, 4) is 5.75 Å². The molecule has 5 heteroatoms. The smallest absolute Gasteiger partial charge is 0.229 e. The van der Waals surface area contributed by atoms with Gasteiger partial charge in [0.15, 0.2) is 0 Å². The number of nitrogens with zero attached hydrogens (tertiary/aromatic N) is 1. The summed E-state index contributed by atoms with van der Waals surface area (Å²) in [5, 5.41) is 2.91. The first-order valence-electron chi connectivity index (χ1n) is 8.90. The highest BCUT2D eigenvalue weighted by atomic mass is 16.5. The van der Waals surface area contributed by atoms with Gasteiger partial charge < -0.3 is 15.0 Å². The predicted molar refractivity (Wildman–Crippen MR) is 103 cm³/mol. The van der Waals surface area contributed by atoms with E-state index in [1.54, 1.807) is 4.90 Å². The summed E-state index contributed by atoms with van der Waals surface area (Å²) in [7, 11) is 0. The van der Waals surface area contributed by atoms with E-state index < -0.39 is 0 Å². The van der Waals surface area contributed by atoms with Gasteiger partial charge in [-0.3, -0.25) is 9.59 Å². The third-order valence-electron chi connectivity index (χ3n) is 4.60. The first-order valence-corrected chi connectivity index (χ1v) is 8.90. The van der Waals surface area contributed by atoms with Gasteiger partial charge in [0.2, 0.25) is 11.8 Å². The molecule has 1 N–H and O–H groups in total. The fraction of sp³-hybridized carbons (Fsp3) is 0.333. The molecule has 0 spiro atoms. The molecule has 1 aliphatic rings. The summed E-state index contributed by atoms with van der Waals surface area (Å²) in [6, 6.07) is 13.4. The van der Waals surface area contributed by atoms with Crippen molar-refractivity contribution < 1.29 is 14.3 Å². The molecule has 0 radical (unpaired) electrons. The van der Waals surface area contributed by atoms with E-state index in [1.165, 1.54) is 0 Å². The first kappa shape index (κ1) is 18.0. The van der Waals surface area contributed by atoms with Crippen LogP contribution < -0.4 is 15.0 Å². The summed E-state index contributed by atoms with van der Waals surface area (Å²) in [5.41, 5.74) is 3.65. The SMILES string of the molecule is CCOc1ccccc1NC(=O)[C@@H]1CC(=O)N(c2cc(C)ccc2C)C1. The van der Waals surface area contributed by atoms with Gasteiger partial charge in [-0.25, -0.2) is 0 Å². The van der Waals surface area contributed by atoms with Crippen LogP contribution in [0.25, 0.3) is 0 Å². The zero-order valence-electron chi connectivity index (χ0n) is 15.4. The van der Waals surface area contributed by atoms with Crippen LogP contribution in [0.2, 0.25) is 0 Å². The quantitative estimate of drug-likeness (QED) is 0.893. The number of benzene rings is 2. The molecule has 0 unspecified atom stereocenters. The van der Waals surface area contributed by atoms with Crippen molar-refractivity contribution >= 4 is 23.2 Å². The molecule has 2 aromatic rings. The second kappa shape index (κ2) is 7.60. The number of nitrogens with one attached hydrogen (secondary N) is 1. The van der Waals surface area contributed by atoms with Gasteiger partial charge in [0.1, 0.15) is 5.75 Å². The second-order valence-corrected chi connectivity index (χ2v) is 6.61. The number of amides is 2. The number of aryl methyl sites for hydroxylation is 2. The largest absolute Gasteiger partial charge is 0.492 e. The third-order valence-corrected chi connectivity index (χ3v) is 4.60. The van der Waals surface area contributed by atoms with Gasteiger partial charge in [-0.05, 0) is 50.1 Å². The van der Waals surface area contributed by atoms with Crippen LogP contribution in [-0.4, -0.2) is 25.0 Å². The number of hydrogen-bond acceptors (Lipinski definition) is 3. The van der Waals surface area contributed by atoms with Crippen LogP contribution in [0.1, 0.15) is 24.5 Å². The molecule has 1 heterocycles. The van der Waals surface area contributed by atoms with Gasteiger partial charge >= 0.3 is 0 Å². The third kappa shape index (κ3) is 3.72. The van der Waals surface area contributed by atoms with Crippen LogP contribution in [0.15, 0.2) is 42.5 Å². The molecule has 0 saturated carbocycles. The predicted octanol–water partition coefficient (Wildman–Crippen LogP) is 3.69. The Bertz CT molecular complexity index is 832. The summed E-state index contributed by atoms with van der Waals surface area (Å²) >= 11 is 0. The van der Waals surface area contributed by atoms with Crippen LogP contribution in [0, 0.1) is 19.8 Å². The van der Waals surface area contributed by atoms with Gasteiger partial charge in [-0.1, -0.05) is 24.3 Å². The van der Waals surface area contributed by atoms with Crippen LogP contribution in [0.4, 0.5) is 11.4 Å². The molecule has 1 aliphatic heterocycles.